The molecule has 0 amide bonds. The van der Waals surface area contributed by atoms with Crippen molar-refractivity contribution in [1.29, 1.82) is 0 Å². The van der Waals surface area contributed by atoms with E-state index in [1.807, 2.05) is 0 Å². The summed E-state index contributed by atoms with van der Waals surface area (Å²) >= 11 is 0. The first-order chi connectivity index (χ1) is 9.71. The third-order valence-electron chi connectivity index (χ3n) is 2.97. The van der Waals surface area contributed by atoms with Crippen LogP contribution in [0.3, 0.4) is 0 Å². The summed E-state index contributed by atoms with van der Waals surface area (Å²) in [5.74, 6) is 0.0404. The van der Waals surface area contributed by atoms with Crippen molar-refractivity contribution >= 4 is 10.0 Å². The Morgan fingerprint density at radius 1 is 0.810 bits per heavy atom. The minimum atomic E-state index is -4.09. The van der Waals surface area contributed by atoms with Gasteiger partial charge in [-0.1, -0.05) is 32.1 Å². The molecule has 0 rings (SSSR count). The van der Waals surface area contributed by atoms with Crippen molar-refractivity contribution < 1.29 is 26.3 Å². The molecular formula is C13H26F3NO3S. The lowest BCUT2D eigenvalue weighted by Crippen LogP contribution is -2.16. The van der Waals surface area contributed by atoms with Crippen LogP contribution in [0.5, 0.6) is 0 Å². The van der Waals surface area contributed by atoms with Gasteiger partial charge in [0.2, 0.25) is 10.0 Å². The Morgan fingerprint density at radius 3 is 1.81 bits per heavy atom. The van der Waals surface area contributed by atoms with Gasteiger partial charge in [-0.15, -0.1) is 0 Å². The third kappa shape index (κ3) is 19.7. The van der Waals surface area contributed by atoms with Crippen molar-refractivity contribution in [3.8, 4) is 0 Å². The highest BCUT2D eigenvalue weighted by Gasteiger charge is 2.25. The molecule has 2 N–H and O–H groups in total. The minimum Gasteiger partial charge on any atom is -0.381 e. The maximum atomic E-state index is 11.8. The summed E-state index contributed by atoms with van der Waals surface area (Å²) in [6.07, 6.45) is 1.46. The summed E-state index contributed by atoms with van der Waals surface area (Å²) in [7, 11) is -3.33. The molecule has 0 saturated carbocycles. The van der Waals surface area contributed by atoms with Gasteiger partial charge in [-0.2, -0.15) is 13.2 Å². The average molecular weight is 333 g/mol. The Bertz CT molecular complexity index is 345. The highest BCUT2D eigenvalue weighted by atomic mass is 32.2. The van der Waals surface area contributed by atoms with Crippen LogP contribution in [-0.4, -0.2) is 33.6 Å². The van der Waals surface area contributed by atoms with Crippen LogP contribution in [0.4, 0.5) is 13.2 Å². The molecule has 128 valence electrons. The molecule has 0 saturated heterocycles. The number of ether oxygens (including phenoxy) is 1. The van der Waals surface area contributed by atoms with Gasteiger partial charge < -0.3 is 4.74 Å². The molecule has 0 aliphatic rings. The molecule has 0 radical (unpaired) electrons. The zero-order chi connectivity index (χ0) is 16.2. The monoisotopic (exact) mass is 333 g/mol. The molecule has 0 aromatic rings. The highest BCUT2D eigenvalue weighted by Crippen LogP contribution is 2.21. The maximum Gasteiger partial charge on any atom is 0.389 e. The van der Waals surface area contributed by atoms with Gasteiger partial charge in [-0.05, 0) is 19.3 Å². The Kier molecular flexibility index (Phi) is 11.1. The van der Waals surface area contributed by atoms with Crippen LogP contribution in [0.1, 0.15) is 57.8 Å². The number of hydrogen-bond donors (Lipinski definition) is 1. The number of sulfonamides is 1. The van der Waals surface area contributed by atoms with Gasteiger partial charge in [0.25, 0.3) is 0 Å². The van der Waals surface area contributed by atoms with Crippen molar-refractivity contribution in [2.24, 2.45) is 5.14 Å². The molecule has 0 aliphatic carbocycles. The van der Waals surface area contributed by atoms with E-state index in [4.69, 9.17) is 9.88 Å². The van der Waals surface area contributed by atoms with Gasteiger partial charge in [0.15, 0.2) is 0 Å². The SMILES string of the molecule is NS(=O)(=O)CCCCCCCCCOCCCC(F)(F)F. The van der Waals surface area contributed by atoms with E-state index in [-0.39, 0.29) is 18.8 Å². The van der Waals surface area contributed by atoms with Gasteiger partial charge in [0.05, 0.1) is 5.75 Å². The van der Waals surface area contributed by atoms with Crippen LogP contribution in [0, 0.1) is 0 Å². The van der Waals surface area contributed by atoms with Crippen molar-refractivity contribution in [3.05, 3.63) is 0 Å². The minimum absolute atomic E-state index is 0.0214. The Morgan fingerprint density at radius 2 is 1.29 bits per heavy atom. The van der Waals surface area contributed by atoms with Gasteiger partial charge in [-0.3, -0.25) is 0 Å². The predicted octanol–water partition coefficient (Wildman–Crippen LogP) is 3.36. The first kappa shape index (κ1) is 20.7. The van der Waals surface area contributed by atoms with E-state index in [1.165, 1.54) is 0 Å². The second-order valence-corrected chi connectivity index (χ2v) is 6.91. The molecular weight excluding hydrogens is 307 g/mol. The average Bonchev–Trinajstić information content (AvgIpc) is 2.32. The summed E-state index contributed by atoms with van der Waals surface area (Å²) in [6.45, 7) is 0.663. The molecule has 0 aromatic carbocycles. The summed E-state index contributed by atoms with van der Waals surface area (Å²) in [6, 6.07) is 0. The zero-order valence-electron chi connectivity index (χ0n) is 12.3. The van der Waals surface area contributed by atoms with E-state index in [9.17, 15) is 21.6 Å². The molecule has 0 fully saturated rings. The van der Waals surface area contributed by atoms with Crippen LogP contribution in [0.2, 0.25) is 0 Å². The smallest absolute Gasteiger partial charge is 0.381 e. The molecule has 0 atom stereocenters. The molecule has 0 aliphatic heterocycles. The summed E-state index contributed by atoms with van der Waals surface area (Å²) in [4.78, 5) is 0. The topological polar surface area (TPSA) is 69.4 Å². The third-order valence-corrected chi connectivity index (χ3v) is 3.82. The lowest BCUT2D eigenvalue weighted by atomic mass is 10.1. The van der Waals surface area contributed by atoms with Crippen molar-refractivity contribution in [1.82, 2.24) is 0 Å². The van der Waals surface area contributed by atoms with Gasteiger partial charge in [0, 0.05) is 19.6 Å². The number of halogens is 3. The molecule has 0 unspecified atom stereocenters. The number of hydrogen-bond acceptors (Lipinski definition) is 3. The fourth-order valence-corrected chi connectivity index (χ4v) is 2.47. The Balaban J connectivity index is 3.13. The molecule has 4 nitrogen and oxygen atoms in total. The molecule has 0 heterocycles. The normalized spacial score (nSPS) is 12.8. The zero-order valence-corrected chi connectivity index (χ0v) is 13.1. The van der Waals surface area contributed by atoms with Crippen molar-refractivity contribution in [2.45, 2.75) is 64.0 Å². The fraction of sp³-hybridized carbons (Fsp3) is 1.00. The number of rotatable bonds is 13. The van der Waals surface area contributed by atoms with Crippen LogP contribution in [0.15, 0.2) is 0 Å². The second kappa shape index (κ2) is 11.3. The molecule has 21 heavy (non-hydrogen) atoms. The van der Waals surface area contributed by atoms with E-state index in [1.54, 1.807) is 0 Å². The van der Waals surface area contributed by atoms with Crippen molar-refractivity contribution in [3.63, 3.8) is 0 Å². The highest BCUT2D eigenvalue weighted by molar-refractivity contribution is 7.89. The molecule has 0 aromatic heterocycles. The quantitative estimate of drug-likeness (QED) is 0.525. The lowest BCUT2D eigenvalue weighted by molar-refractivity contribution is -0.137. The fourth-order valence-electron chi connectivity index (χ4n) is 1.87. The first-order valence-electron chi connectivity index (χ1n) is 7.36. The molecule has 0 bridgehead atoms. The van der Waals surface area contributed by atoms with Gasteiger partial charge in [-0.25, -0.2) is 13.6 Å². The van der Waals surface area contributed by atoms with Crippen LogP contribution >= 0.6 is 0 Å². The van der Waals surface area contributed by atoms with Gasteiger partial charge >= 0.3 is 6.18 Å². The van der Waals surface area contributed by atoms with Gasteiger partial charge in [0.1, 0.15) is 0 Å². The first-order valence-corrected chi connectivity index (χ1v) is 9.07. The molecule has 0 spiro atoms. The van der Waals surface area contributed by atoms with Crippen LogP contribution < -0.4 is 5.14 Å². The summed E-state index contributed by atoms with van der Waals surface area (Å²) in [5, 5.41) is 4.89. The number of unbranched alkanes of at least 4 members (excludes halogenated alkanes) is 6. The standard InChI is InChI=1S/C13H26F3NO3S/c14-13(15,16)9-8-11-20-10-6-4-2-1-3-5-7-12-21(17,18)19/h1-12H2,(H2,17,18,19). The number of alkyl halides is 3. The number of primary sulfonamides is 1. The summed E-state index contributed by atoms with van der Waals surface area (Å²) in [5.41, 5.74) is 0. The van der Waals surface area contributed by atoms with Crippen LogP contribution in [-0.2, 0) is 14.8 Å². The van der Waals surface area contributed by atoms with E-state index < -0.39 is 22.6 Å². The lowest BCUT2D eigenvalue weighted by Gasteiger charge is -2.07. The van der Waals surface area contributed by atoms with E-state index >= 15 is 0 Å². The predicted molar refractivity (Wildman–Crippen MR) is 76.4 cm³/mol. The number of nitrogens with two attached hydrogens (primary N) is 1. The molecule has 8 heteroatoms. The van der Waals surface area contributed by atoms with Crippen LogP contribution in [0.25, 0.3) is 0 Å². The van der Waals surface area contributed by atoms with Crippen molar-refractivity contribution in [2.75, 3.05) is 19.0 Å². The maximum absolute atomic E-state index is 11.8. The van der Waals surface area contributed by atoms with E-state index in [0.29, 0.717) is 13.0 Å². The second-order valence-electron chi connectivity index (χ2n) is 5.17. The largest absolute Gasteiger partial charge is 0.389 e. The van der Waals surface area contributed by atoms with E-state index in [2.05, 4.69) is 0 Å². The summed E-state index contributed by atoms with van der Waals surface area (Å²) < 4.78 is 62.0. The van der Waals surface area contributed by atoms with E-state index in [0.717, 1.165) is 38.5 Å². The Labute approximate surface area is 125 Å². The Hall–Kier alpha value is -0.340.